The number of anilines is 2. The summed E-state index contributed by atoms with van der Waals surface area (Å²) >= 11 is 1.40. The maximum atomic E-state index is 9.36. The summed E-state index contributed by atoms with van der Waals surface area (Å²) < 4.78 is 1.71. The van der Waals surface area contributed by atoms with Crippen LogP contribution in [0.4, 0.5) is 10.8 Å². The van der Waals surface area contributed by atoms with E-state index in [1.807, 2.05) is 24.3 Å². The van der Waals surface area contributed by atoms with E-state index in [0.717, 1.165) is 17.1 Å². The number of benzene rings is 2. The molecule has 122 valence electrons. The molecule has 0 atom stereocenters. The molecule has 0 aliphatic rings. The van der Waals surface area contributed by atoms with Crippen molar-refractivity contribution >= 4 is 27.1 Å². The number of hydrogen-bond donors (Lipinski definition) is 2. The number of fused-ring (bicyclic) bond motifs is 1. The van der Waals surface area contributed by atoms with Gasteiger partial charge in [-0.05, 0) is 42.0 Å². The molecule has 0 bridgehead atoms. The van der Waals surface area contributed by atoms with Gasteiger partial charge >= 0.3 is 0 Å². The van der Waals surface area contributed by atoms with Crippen molar-refractivity contribution < 1.29 is 5.11 Å². The fourth-order valence-corrected chi connectivity index (χ4v) is 3.14. The van der Waals surface area contributed by atoms with Crippen molar-refractivity contribution in [3.63, 3.8) is 0 Å². The predicted molar refractivity (Wildman–Crippen MR) is 94.0 cm³/mol. The first-order valence-corrected chi connectivity index (χ1v) is 8.29. The van der Waals surface area contributed by atoms with Crippen LogP contribution < -0.4 is 5.32 Å². The van der Waals surface area contributed by atoms with Gasteiger partial charge in [-0.15, -0.1) is 15.3 Å². The maximum absolute atomic E-state index is 9.36. The zero-order valence-electron chi connectivity index (χ0n) is 12.9. The van der Waals surface area contributed by atoms with E-state index in [1.54, 1.807) is 28.8 Å². The van der Waals surface area contributed by atoms with Crippen LogP contribution in [-0.4, -0.2) is 24.9 Å². The highest BCUT2D eigenvalue weighted by atomic mass is 32.1. The summed E-state index contributed by atoms with van der Waals surface area (Å²) in [6.45, 7) is 0. The Balaban J connectivity index is 1.57. The van der Waals surface area contributed by atoms with Crippen LogP contribution >= 0.6 is 11.3 Å². The first kappa shape index (κ1) is 15.1. The van der Waals surface area contributed by atoms with Gasteiger partial charge in [0.1, 0.15) is 5.75 Å². The van der Waals surface area contributed by atoms with Crippen molar-refractivity contribution in [1.29, 1.82) is 5.26 Å². The molecule has 25 heavy (non-hydrogen) atoms. The lowest BCUT2D eigenvalue weighted by Gasteiger charge is -2.01. The van der Waals surface area contributed by atoms with E-state index < -0.39 is 0 Å². The van der Waals surface area contributed by atoms with Crippen molar-refractivity contribution in [1.82, 2.24) is 19.8 Å². The molecule has 4 aromatic rings. The summed E-state index contributed by atoms with van der Waals surface area (Å²) in [5, 5.41) is 34.9. The number of hydrogen-bond acceptors (Lipinski definition) is 7. The van der Waals surface area contributed by atoms with Gasteiger partial charge in [0.15, 0.2) is 5.82 Å². The lowest BCUT2D eigenvalue weighted by atomic mass is 10.1. The minimum Gasteiger partial charge on any atom is -0.508 e. The fraction of sp³-hybridized carbons (Fsp3) is 0.0588. The average Bonchev–Trinajstić information content (AvgIpc) is 3.19. The zero-order valence-corrected chi connectivity index (χ0v) is 13.7. The predicted octanol–water partition coefficient (Wildman–Crippen LogP) is 3.10. The highest BCUT2D eigenvalue weighted by molar-refractivity contribution is 7.20. The Labute approximate surface area is 146 Å². The Hall–Kier alpha value is -3.44. The molecule has 0 fully saturated rings. The largest absolute Gasteiger partial charge is 0.508 e. The number of phenols is 1. The fourth-order valence-electron chi connectivity index (χ4n) is 2.37. The molecule has 8 heteroatoms. The summed E-state index contributed by atoms with van der Waals surface area (Å²) in [5.41, 5.74) is 2.48. The van der Waals surface area contributed by atoms with E-state index in [0.29, 0.717) is 22.1 Å². The van der Waals surface area contributed by atoms with Crippen LogP contribution in [-0.2, 0) is 6.42 Å². The smallest absolute Gasteiger partial charge is 0.236 e. The molecule has 0 unspecified atom stereocenters. The second-order valence-corrected chi connectivity index (χ2v) is 6.33. The van der Waals surface area contributed by atoms with Crippen LogP contribution in [0.1, 0.15) is 17.0 Å². The second kappa shape index (κ2) is 6.22. The molecule has 0 saturated carbocycles. The van der Waals surface area contributed by atoms with E-state index in [4.69, 9.17) is 5.26 Å². The molecule has 2 aromatic heterocycles. The Bertz CT molecular complexity index is 1060. The van der Waals surface area contributed by atoms with Crippen LogP contribution in [0.2, 0.25) is 0 Å². The van der Waals surface area contributed by atoms with Crippen LogP contribution in [0, 0.1) is 11.3 Å². The lowest BCUT2D eigenvalue weighted by Crippen LogP contribution is -1.98. The van der Waals surface area contributed by atoms with Crippen LogP contribution in [0.25, 0.3) is 4.96 Å². The maximum Gasteiger partial charge on any atom is 0.236 e. The number of nitrogens with one attached hydrogen (secondary N) is 1. The molecule has 2 aromatic carbocycles. The van der Waals surface area contributed by atoms with E-state index in [9.17, 15) is 5.11 Å². The first-order valence-electron chi connectivity index (χ1n) is 7.47. The van der Waals surface area contributed by atoms with Crippen molar-refractivity contribution in [3.8, 4) is 11.8 Å². The number of phenolic OH excluding ortho intramolecular Hbond substituents is 1. The van der Waals surface area contributed by atoms with E-state index >= 15 is 0 Å². The van der Waals surface area contributed by atoms with Gasteiger partial charge in [-0.2, -0.15) is 9.78 Å². The molecule has 2 N–H and O–H groups in total. The van der Waals surface area contributed by atoms with Crippen molar-refractivity contribution in [3.05, 3.63) is 65.5 Å². The van der Waals surface area contributed by atoms with Crippen molar-refractivity contribution in [2.24, 2.45) is 0 Å². The van der Waals surface area contributed by atoms with Crippen LogP contribution in [0.5, 0.6) is 5.75 Å². The summed E-state index contributed by atoms with van der Waals surface area (Å²) in [6, 6.07) is 16.2. The summed E-state index contributed by atoms with van der Waals surface area (Å²) in [7, 11) is 0. The molecular weight excluding hydrogens is 336 g/mol. The summed E-state index contributed by atoms with van der Waals surface area (Å²) in [4.78, 5) is 0.699. The first-order chi connectivity index (χ1) is 12.2. The van der Waals surface area contributed by atoms with Gasteiger partial charge in [0.2, 0.25) is 10.1 Å². The Kier molecular flexibility index (Phi) is 3.76. The van der Waals surface area contributed by atoms with E-state index in [-0.39, 0.29) is 5.75 Å². The molecule has 4 rings (SSSR count). The average molecular weight is 348 g/mol. The standard InChI is InChI=1S/C17H12N6OS/c18-10-12-1-5-13(6-2-12)19-16-22-23-15(20-21-17(23)25-16)9-11-3-7-14(24)8-4-11/h1-8,24H,9H2,(H,19,22). The minimum absolute atomic E-state index is 0.234. The monoisotopic (exact) mass is 348 g/mol. The number of nitrogens with zero attached hydrogens (tertiary/aromatic N) is 5. The molecule has 0 spiro atoms. The van der Waals surface area contributed by atoms with E-state index in [2.05, 4.69) is 26.7 Å². The van der Waals surface area contributed by atoms with Crippen molar-refractivity contribution in [2.45, 2.75) is 6.42 Å². The Morgan fingerprint density at radius 3 is 2.56 bits per heavy atom. The molecule has 0 saturated heterocycles. The number of aromatic hydroxyl groups is 1. The van der Waals surface area contributed by atoms with E-state index in [1.165, 1.54) is 11.3 Å². The minimum atomic E-state index is 0.234. The molecule has 7 nitrogen and oxygen atoms in total. The quantitative estimate of drug-likeness (QED) is 0.588. The molecule has 0 amide bonds. The van der Waals surface area contributed by atoms with Gasteiger partial charge in [0.25, 0.3) is 0 Å². The van der Waals surface area contributed by atoms with Gasteiger partial charge in [0, 0.05) is 12.1 Å². The molecule has 0 aliphatic heterocycles. The van der Waals surface area contributed by atoms with Crippen LogP contribution in [0.15, 0.2) is 48.5 Å². The zero-order chi connectivity index (χ0) is 17.2. The number of rotatable bonds is 4. The number of nitriles is 1. The molecule has 2 heterocycles. The van der Waals surface area contributed by atoms with Gasteiger partial charge in [-0.1, -0.05) is 23.5 Å². The highest BCUT2D eigenvalue weighted by Gasteiger charge is 2.12. The van der Waals surface area contributed by atoms with Gasteiger partial charge in [-0.25, -0.2) is 0 Å². The molecule has 0 radical (unpaired) electrons. The SMILES string of the molecule is N#Cc1ccc(Nc2nn3c(Cc4ccc(O)cc4)nnc3s2)cc1. The Morgan fingerprint density at radius 2 is 1.84 bits per heavy atom. The highest BCUT2D eigenvalue weighted by Crippen LogP contribution is 2.24. The van der Waals surface area contributed by atoms with Crippen molar-refractivity contribution in [2.75, 3.05) is 5.32 Å². The summed E-state index contributed by atoms with van der Waals surface area (Å²) in [6.07, 6.45) is 0.571. The topological polar surface area (TPSA) is 99.1 Å². The third kappa shape index (κ3) is 3.13. The van der Waals surface area contributed by atoms with Gasteiger partial charge < -0.3 is 10.4 Å². The lowest BCUT2D eigenvalue weighted by molar-refractivity contribution is 0.475. The second-order valence-electron chi connectivity index (χ2n) is 5.38. The number of aromatic nitrogens is 4. The summed E-state index contributed by atoms with van der Waals surface area (Å²) in [5.74, 6) is 0.961. The normalized spacial score (nSPS) is 10.7. The molecular formula is C17H12N6OS. The Morgan fingerprint density at radius 1 is 1.08 bits per heavy atom. The third-order valence-corrected chi connectivity index (χ3v) is 4.43. The third-order valence-electron chi connectivity index (χ3n) is 3.62. The van der Waals surface area contributed by atoms with Gasteiger partial charge in [0.05, 0.1) is 11.6 Å². The van der Waals surface area contributed by atoms with Gasteiger partial charge in [-0.3, -0.25) is 0 Å². The van der Waals surface area contributed by atoms with Crippen LogP contribution in [0.3, 0.4) is 0 Å². The molecule has 0 aliphatic carbocycles.